The van der Waals surface area contributed by atoms with Gasteiger partial charge in [-0.2, -0.15) is 12.7 Å². The van der Waals surface area contributed by atoms with E-state index in [9.17, 15) is 8.42 Å². The fourth-order valence-corrected chi connectivity index (χ4v) is 4.29. The Balaban J connectivity index is 1.84. The van der Waals surface area contributed by atoms with Crippen molar-refractivity contribution in [2.24, 2.45) is 17.3 Å². The Morgan fingerprint density at radius 3 is 2.58 bits per heavy atom. The Kier molecular flexibility index (Phi) is 4.55. The standard InChI is InChI=1S/C13H27N3O2S/c1-13(2)7-12(13)9-15-19(17,18)16-6-4-5-11(10-16)8-14-3/h11-12,14-15H,4-10H2,1-3H3. The van der Waals surface area contributed by atoms with Crippen LogP contribution in [0.25, 0.3) is 0 Å². The molecule has 1 saturated carbocycles. The van der Waals surface area contributed by atoms with Gasteiger partial charge in [-0.15, -0.1) is 0 Å². The molecule has 2 unspecified atom stereocenters. The first-order valence-electron chi connectivity index (χ1n) is 7.24. The van der Waals surface area contributed by atoms with Gasteiger partial charge in [0.15, 0.2) is 0 Å². The van der Waals surface area contributed by atoms with Crippen LogP contribution in [0, 0.1) is 17.3 Å². The van der Waals surface area contributed by atoms with Gasteiger partial charge in [0.1, 0.15) is 0 Å². The molecule has 0 aromatic heterocycles. The molecule has 1 aliphatic heterocycles. The van der Waals surface area contributed by atoms with Gasteiger partial charge in [-0.05, 0) is 50.1 Å². The zero-order chi connectivity index (χ0) is 14.1. The first-order chi connectivity index (χ1) is 8.85. The van der Waals surface area contributed by atoms with Gasteiger partial charge in [0.2, 0.25) is 0 Å². The van der Waals surface area contributed by atoms with Crippen LogP contribution < -0.4 is 10.0 Å². The van der Waals surface area contributed by atoms with Crippen LogP contribution in [0.3, 0.4) is 0 Å². The fourth-order valence-electron chi connectivity index (χ4n) is 2.92. The molecule has 0 aromatic rings. The van der Waals surface area contributed by atoms with E-state index in [0.29, 0.717) is 36.9 Å². The average Bonchev–Trinajstić information content (AvgIpc) is 2.96. The molecule has 2 rings (SSSR count). The fraction of sp³-hybridized carbons (Fsp3) is 1.00. The predicted octanol–water partition coefficient (Wildman–Crippen LogP) is 0.798. The molecule has 0 aromatic carbocycles. The van der Waals surface area contributed by atoms with Crippen LogP contribution in [0.4, 0.5) is 0 Å². The molecule has 0 amide bonds. The number of nitrogens with one attached hydrogen (secondary N) is 2. The van der Waals surface area contributed by atoms with Crippen molar-refractivity contribution < 1.29 is 8.42 Å². The molecule has 5 nitrogen and oxygen atoms in total. The highest BCUT2D eigenvalue weighted by atomic mass is 32.2. The molecule has 19 heavy (non-hydrogen) atoms. The number of nitrogens with zero attached hydrogens (tertiary/aromatic N) is 1. The molecule has 0 radical (unpaired) electrons. The van der Waals surface area contributed by atoms with Crippen LogP contribution in [0.5, 0.6) is 0 Å². The van der Waals surface area contributed by atoms with E-state index in [0.717, 1.165) is 25.8 Å². The van der Waals surface area contributed by atoms with E-state index in [1.807, 2.05) is 7.05 Å². The van der Waals surface area contributed by atoms with Crippen molar-refractivity contribution in [2.45, 2.75) is 33.1 Å². The van der Waals surface area contributed by atoms with Crippen LogP contribution in [0.2, 0.25) is 0 Å². The molecule has 1 heterocycles. The molecule has 6 heteroatoms. The average molecular weight is 289 g/mol. The molecule has 0 spiro atoms. The summed E-state index contributed by atoms with van der Waals surface area (Å²) in [5, 5.41) is 3.14. The molecule has 1 saturated heterocycles. The van der Waals surface area contributed by atoms with Crippen molar-refractivity contribution in [3.05, 3.63) is 0 Å². The predicted molar refractivity (Wildman–Crippen MR) is 77.0 cm³/mol. The highest BCUT2D eigenvalue weighted by molar-refractivity contribution is 7.87. The summed E-state index contributed by atoms with van der Waals surface area (Å²) in [5.74, 6) is 0.938. The molecular weight excluding hydrogens is 262 g/mol. The lowest BCUT2D eigenvalue weighted by Gasteiger charge is -2.31. The van der Waals surface area contributed by atoms with E-state index in [1.165, 1.54) is 0 Å². The summed E-state index contributed by atoms with van der Waals surface area (Å²) in [4.78, 5) is 0. The molecule has 112 valence electrons. The quantitative estimate of drug-likeness (QED) is 0.760. The Bertz CT molecular complexity index is 406. The van der Waals surface area contributed by atoms with E-state index < -0.39 is 10.2 Å². The first-order valence-corrected chi connectivity index (χ1v) is 8.68. The Labute approximate surface area is 117 Å². The monoisotopic (exact) mass is 289 g/mol. The lowest BCUT2D eigenvalue weighted by atomic mass is 10.00. The van der Waals surface area contributed by atoms with E-state index in [2.05, 4.69) is 23.9 Å². The Morgan fingerprint density at radius 2 is 2.00 bits per heavy atom. The van der Waals surface area contributed by atoms with Crippen molar-refractivity contribution in [3.8, 4) is 0 Å². The maximum atomic E-state index is 12.3. The second kappa shape index (κ2) is 5.68. The van der Waals surface area contributed by atoms with Gasteiger partial charge < -0.3 is 5.32 Å². The van der Waals surface area contributed by atoms with Gasteiger partial charge in [0.05, 0.1) is 0 Å². The van der Waals surface area contributed by atoms with Crippen LogP contribution in [-0.4, -0.2) is 45.9 Å². The molecule has 2 fully saturated rings. The van der Waals surface area contributed by atoms with Crippen LogP contribution in [0.1, 0.15) is 33.1 Å². The van der Waals surface area contributed by atoms with Crippen molar-refractivity contribution in [2.75, 3.05) is 33.2 Å². The van der Waals surface area contributed by atoms with Gasteiger partial charge >= 0.3 is 0 Å². The van der Waals surface area contributed by atoms with Gasteiger partial charge in [-0.25, -0.2) is 4.72 Å². The second-order valence-electron chi connectivity index (χ2n) is 6.67. The van der Waals surface area contributed by atoms with Crippen molar-refractivity contribution in [1.82, 2.24) is 14.3 Å². The van der Waals surface area contributed by atoms with Crippen LogP contribution in [-0.2, 0) is 10.2 Å². The molecule has 0 bridgehead atoms. The lowest BCUT2D eigenvalue weighted by molar-refractivity contribution is 0.260. The summed E-state index contributed by atoms with van der Waals surface area (Å²) in [6, 6.07) is 0. The van der Waals surface area contributed by atoms with E-state index in [-0.39, 0.29) is 0 Å². The van der Waals surface area contributed by atoms with E-state index in [4.69, 9.17) is 0 Å². The van der Waals surface area contributed by atoms with Crippen molar-refractivity contribution >= 4 is 10.2 Å². The van der Waals surface area contributed by atoms with Crippen LogP contribution >= 0.6 is 0 Å². The van der Waals surface area contributed by atoms with Gasteiger partial charge in [0, 0.05) is 19.6 Å². The zero-order valence-electron chi connectivity index (χ0n) is 12.3. The number of rotatable bonds is 6. The summed E-state index contributed by atoms with van der Waals surface area (Å²) >= 11 is 0. The number of piperidine rings is 1. The molecular formula is C13H27N3O2S. The minimum atomic E-state index is -3.28. The summed E-state index contributed by atoms with van der Waals surface area (Å²) < 4.78 is 29.0. The van der Waals surface area contributed by atoms with Gasteiger partial charge in [-0.1, -0.05) is 13.8 Å². The van der Waals surface area contributed by atoms with Crippen LogP contribution in [0.15, 0.2) is 0 Å². The van der Waals surface area contributed by atoms with Gasteiger partial charge in [-0.3, -0.25) is 0 Å². The molecule has 2 aliphatic rings. The largest absolute Gasteiger partial charge is 0.319 e. The van der Waals surface area contributed by atoms with E-state index in [1.54, 1.807) is 4.31 Å². The smallest absolute Gasteiger partial charge is 0.279 e. The highest BCUT2D eigenvalue weighted by Crippen LogP contribution is 2.51. The summed E-state index contributed by atoms with van der Waals surface area (Å²) in [6.45, 7) is 7.16. The minimum Gasteiger partial charge on any atom is -0.319 e. The molecule has 2 N–H and O–H groups in total. The maximum Gasteiger partial charge on any atom is 0.279 e. The minimum absolute atomic E-state index is 0.319. The first kappa shape index (κ1) is 15.2. The van der Waals surface area contributed by atoms with Gasteiger partial charge in [0.25, 0.3) is 10.2 Å². The lowest BCUT2D eigenvalue weighted by Crippen LogP contribution is -2.48. The molecule has 2 atom stereocenters. The SMILES string of the molecule is CNCC1CCCN(S(=O)(=O)NCC2CC2(C)C)C1. The number of hydrogen-bond acceptors (Lipinski definition) is 3. The summed E-state index contributed by atoms with van der Waals surface area (Å²) in [5.41, 5.74) is 0.319. The highest BCUT2D eigenvalue weighted by Gasteiger charge is 2.45. The normalized spacial score (nSPS) is 31.3. The summed E-state index contributed by atoms with van der Waals surface area (Å²) in [7, 11) is -1.37. The topological polar surface area (TPSA) is 61.4 Å². The van der Waals surface area contributed by atoms with E-state index >= 15 is 0 Å². The van der Waals surface area contributed by atoms with Crippen molar-refractivity contribution in [3.63, 3.8) is 0 Å². The Morgan fingerprint density at radius 1 is 1.32 bits per heavy atom. The van der Waals surface area contributed by atoms with Crippen molar-refractivity contribution in [1.29, 1.82) is 0 Å². The third kappa shape index (κ3) is 3.90. The third-order valence-corrected chi connectivity index (χ3v) is 6.09. The summed E-state index contributed by atoms with van der Waals surface area (Å²) in [6.07, 6.45) is 3.20. The second-order valence-corrected chi connectivity index (χ2v) is 8.42. The maximum absolute atomic E-state index is 12.3. The zero-order valence-corrected chi connectivity index (χ0v) is 13.1. The third-order valence-electron chi connectivity index (χ3n) is 4.54. The molecule has 1 aliphatic carbocycles. The Hall–Kier alpha value is -0.170. The number of hydrogen-bond donors (Lipinski definition) is 2.